The highest BCUT2D eigenvalue weighted by Crippen LogP contribution is 1.97. The third-order valence-electron chi connectivity index (χ3n) is 3.63. The van der Waals surface area contributed by atoms with Gasteiger partial charge in [0, 0.05) is 0 Å². The van der Waals surface area contributed by atoms with Crippen molar-refractivity contribution in [2.24, 2.45) is 28.2 Å². The first-order chi connectivity index (χ1) is 11.0. The van der Waals surface area contributed by atoms with Crippen LogP contribution in [0.25, 0.3) is 0 Å². The van der Waals surface area contributed by atoms with E-state index >= 15 is 0 Å². The Balaban J connectivity index is 0.000000229. The Morgan fingerprint density at radius 3 is 1.35 bits per heavy atom. The molecule has 0 aliphatic rings. The summed E-state index contributed by atoms with van der Waals surface area (Å²) < 4.78 is 12.6. The summed E-state index contributed by atoms with van der Waals surface area (Å²) in [6, 6.07) is 0. The molecule has 23 heavy (non-hydrogen) atoms. The van der Waals surface area contributed by atoms with Crippen LogP contribution >= 0.6 is 0 Å². The SMILES string of the molecule is C[n+]1ccn(CCCCn2cc[n+](C)c2)c1.Cn1cc[n+](C)c1. The molecule has 0 bridgehead atoms. The van der Waals surface area contributed by atoms with Crippen molar-refractivity contribution >= 4 is 0 Å². The van der Waals surface area contributed by atoms with Crippen LogP contribution in [0.1, 0.15) is 12.8 Å². The van der Waals surface area contributed by atoms with E-state index in [4.69, 9.17) is 0 Å². The molecule has 3 heterocycles. The summed E-state index contributed by atoms with van der Waals surface area (Å²) in [5, 5.41) is 0. The molecule has 6 heteroatoms. The molecule has 3 aromatic heterocycles. The Kier molecular flexibility index (Phi) is 6.14. The largest absolute Gasteiger partial charge is 0.243 e. The zero-order chi connectivity index (χ0) is 16.7. The number of unbranched alkanes of at least 4 members (excludes halogenated alkanes) is 1. The molecule has 0 fully saturated rings. The zero-order valence-corrected chi connectivity index (χ0v) is 14.7. The fourth-order valence-corrected chi connectivity index (χ4v) is 2.43. The number of hydrogen-bond donors (Lipinski definition) is 0. The number of rotatable bonds is 5. The summed E-state index contributed by atoms with van der Waals surface area (Å²) in [6.45, 7) is 2.21. The summed E-state index contributed by atoms with van der Waals surface area (Å²) in [4.78, 5) is 0. The van der Waals surface area contributed by atoms with Crippen LogP contribution in [0.4, 0.5) is 0 Å². The van der Waals surface area contributed by atoms with Crippen LogP contribution in [-0.2, 0) is 41.3 Å². The van der Waals surface area contributed by atoms with E-state index in [1.807, 2.05) is 42.0 Å². The van der Waals surface area contributed by atoms with Gasteiger partial charge in [0.25, 0.3) is 0 Å². The van der Waals surface area contributed by atoms with Crippen molar-refractivity contribution in [3.05, 3.63) is 56.2 Å². The highest BCUT2D eigenvalue weighted by atomic mass is 15.1. The predicted molar refractivity (Wildman–Crippen MR) is 87.0 cm³/mol. The third kappa shape index (κ3) is 6.10. The molecular weight excluding hydrogens is 288 g/mol. The van der Waals surface area contributed by atoms with Crippen molar-refractivity contribution in [3.8, 4) is 0 Å². The van der Waals surface area contributed by atoms with E-state index in [0.29, 0.717) is 0 Å². The first-order valence-electron chi connectivity index (χ1n) is 8.02. The molecule has 0 saturated carbocycles. The monoisotopic (exact) mass is 317 g/mol. The predicted octanol–water partition coefficient (Wildman–Crippen LogP) is 0.269. The second-order valence-electron chi connectivity index (χ2n) is 6.09. The molecular formula is C17H29N6+3. The Morgan fingerprint density at radius 1 is 0.652 bits per heavy atom. The average Bonchev–Trinajstić information content (AvgIpc) is 3.20. The van der Waals surface area contributed by atoms with Gasteiger partial charge in [-0.15, -0.1) is 0 Å². The lowest BCUT2D eigenvalue weighted by Crippen LogP contribution is -2.24. The molecule has 0 spiro atoms. The molecule has 3 aromatic rings. The molecule has 0 unspecified atom stereocenters. The highest BCUT2D eigenvalue weighted by molar-refractivity contribution is 4.67. The van der Waals surface area contributed by atoms with Gasteiger partial charge in [-0.05, 0) is 12.8 Å². The summed E-state index contributed by atoms with van der Waals surface area (Å²) in [5.74, 6) is 0. The van der Waals surface area contributed by atoms with Crippen LogP contribution in [0.5, 0.6) is 0 Å². The first kappa shape index (κ1) is 17.0. The zero-order valence-electron chi connectivity index (χ0n) is 14.7. The second kappa shape index (κ2) is 8.31. The molecule has 0 N–H and O–H groups in total. The van der Waals surface area contributed by atoms with Crippen LogP contribution in [0.2, 0.25) is 0 Å². The summed E-state index contributed by atoms with van der Waals surface area (Å²) in [5.41, 5.74) is 0. The van der Waals surface area contributed by atoms with Crippen LogP contribution in [0.3, 0.4) is 0 Å². The Labute approximate surface area is 138 Å². The molecule has 6 nitrogen and oxygen atoms in total. The van der Waals surface area contributed by atoms with Gasteiger partial charge >= 0.3 is 0 Å². The van der Waals surface area contributed by atoms with Gasteiger partial charge in [-0.3, -0.25) is 0 Å². The van der Waals surface area contributed by atoms with E-state index in [0.717, 1.165) is 13.1 Å². The van der Waals surface area contributed by atoms with Crippen LogP contribution in [0.15, 0.2) is 56.2 Å². The van der Waals surface area contributed by atoms with E-state index in [9.17, 15) is 0 Å². The van der Waals surface area contributed by atoms with Crippen LogP contribution in [-0.4, -0.2) is 13.7 Å². The van der Waals surface area contributed by atoms with Gasteiger partial charge in [0.1, 0.15) is 37.2 Å². The van der Waals surface area contributed by atoms with Gasteiger partial charge in [0.15, 0.2) is 0 Å². The van der Waals surface area contributed by atoms with Gasteiger partial charge < -0.3 is 0 Å². The molecule has 0 amide bonds. The van der Waals surface area contributed by atoms with Crippen molar-refractivity contribution < 1.29 is 13.7 Å². The molecule has 0 radical (unpaired) electrons. The molecule has 0 atom stereocenters. The van der Waals surface area contributed by atoms with E-state index in [1.54, 1.807) is 0 Å². The van der Waals surface area contributed by atoms with Crippen molar-refractivity contribution in [2.45, 2.75) is 25.9 Å². The fourth-order valence-electron chi connectivity index (χ4n) is 2.43. The lowest BCUT2D eigenvalue weighted by atomic mass is 10.3. The number of nitrogens with zero attached hydrogens (tertiary/aromatic N) is 6. The smallest absolute Gasteiger partial charge is 0.240 e. The molecule has 0 saturated heterocycles. The van der Waals surface area contributed by atoms with Gasteiger partial charge in [-0.25, -0.2) is 27.4 Å². The maximum atomic E-state index is 2.23. The Bertz CT molecular complexity index is 647. The topological polar surface area (TPSA) is 26.4 Å². The lowest BCUT2D eigenvalue weighted by Gasteiger charge is -1.96. The number of hydrogen-bond acceptors (Lipinski definition) is 0. The van der Waals surface area contributed by atoms with Gasteiger partial charge in [-0.1, -0.05) is 0 Å². The molecule has 0 aromatic carbocycles. The number of aromatic nitrogens is 6. The maximum Gasteiger partial charge on any atom is 0.243 e. The first-order valence-corrected chi connectivity index (χ1v) is 8.02. The molecule has 0 aliphatic carbocycles. The van der Waals surface area contributed by atoms with Crippen LogP contribution < -0.4 is 13.7 Å². The minimum atomic E-state index is 1.11. The van der Waals surface area contributed by atoms with Gasteiger partial charge in [0.05, 0.1) is 41.3 Å². The van der Waals surface area contributed by atoms with Crippen molar-refractivity contribution in [1.82, 2.24) is 13.7 Å². The molecule has 124 valence electrons. The molecule has 0 aliphatic heterocycles. The van der Waals surface area contributed by atoms with Gasteiger partial charge in [-0.2, -0.15) is 0 Å². The van der Waals surface area contributed by atoms with Crippen molar-refractivity contribution in [2.75, 3.05) is 0 Å². The average molecular weight is 317 g/mol. The Morgan fingerprint density at radius 2 is 1.09 bits per heavy atom. The summed E-state index contributed by atoms with van der Waals surface area (Å²) >= 11 is 0. The summed E-state index contributed by atoms with van der Waals surface area (Å²) in [7, 11) is 8.10. The van der Waals surface area contributed by atoms with Crippen LogP contribution in [0, 0.1) is 0 Å². The highest BCUT2D eigenvalue weighted by Gasteiger charge is 2.02. The minimum absolute atomic E-state index is 1.11. The van der Waals surface area contributed by atoms with E-state index < -0.39 is 0 Å². The quantitative estimate of drug-likeness (QED) is 0.477. The standard InChI is InChI=1S/C12H20N4.C5H9N2/c1-13-7-9-15(11-13)5-3-4-6-16-10-8-14(2)12-16;1-6-3-4-7(2)5-6/h7-12H,3-6H2,1-2H3;3-5H,1-2H3/q+2;+1. The normalized spacial score (nSPS) is 10.4. The van der Waals surface area contributed by atoms with E-state index in [2.05, 4.69) is 69.8 Å². The van der Waals surface area contributed by atoms with Gasteiger partial charge in [0.2, 0.25) is 19.0 Å². The maximum absolute atomic E-state index is 2.23. The number of imidazole rings is 3. The summed E-state index contributed by atoms with van der Waals surface area (Å²) in [6.07, 6.45) is 21.1. The lowest BCUT2D eigenvalue weighted by molar-refractivity contribution is -0.671. The van der Waals surface area contributed by atoms with Crippen molar-refractivity contribution in [3.63, 3.8) is 0 Å². The minimum Gasteiger partial charge on any atom is -0.240 e. The molecule has 3 rings (SSSR count). The Hall–Kier alpha value is -2.37. The van der Waals surface area contributed by atoms with Crippen molar-refractivity contribution in [1.29, 1.82) is 0 Å². The van der Waals surface area contributed by atoms with E-state index in [1.165, 1.54) is 12.8 Å². The number of aryl methyl sites for hydroxylation is 6. The van der Waals surface area contributed by atoms with E-state index in [-0.39, 0.29) is 0 Å². The third-order valence-corrected chi connectivity index (χ3v) is 3.63. The second-order valence-corrected chi connectivity index (χ2v) is 6.09. The fraction of sp³-hybridized carbons (Fsp3) is 0.471.